The number of pyridine rings is 2. The Morgan fingerprint density at radius 2 is 2.00 bits per heavy atom. The molecule has 0 saturated heterocycles. The van der Waals surface area contributed by atoms with Crippen molar-refractivity contribution in [3.05, 3.63) is 42.1 Å². The van der Waals surface area contributed by atoms with Crippen LogP contribution in [-0.4, -0.2) is 9.97 Å². The van der Waals surface area contributed by atoms with Gasteiger partial charge in [0.15, 0.2) is 0 Å². The Kier molecular flexibility index (Phi) is 2.63. The van der Waals surface area contributed by atoms with Crippen molar-refractivity contribution in [2.75, 3.05) is 5.73 Å². The second-order valence-electron chi connectivity index (χ2n) is 3.35. The van der Waals surface area contributed by atoms with Crippen LogP contribution in [0.4, 0.5) is 5.82 Å². The molecule has 2 heterocycles. The molecular formula is C12H13N3. The summed E-state index contributed by atoms with van der Waals surface area (Å²) in [7, 11) is 0. The Balaban J connectivity index is 2.37. The van der Waals surface area contributed by atoms with Crippen molar-refractivity contribution >= 4 is 5.82 Å². The molecule has 0 aliphatic heterocycles. The first-order chi connectivity index (χ1) is 7.29. The number of aryl methyl sites for hydroxylation is 1. The minimum absolute atomic E-state index is 0.522. The van der Waals surface area contributed by atoms with Gasteiger partial charge >= 0.3 is 0 Å². The Morgan fingerprint density at radius 1 is 1.13 bits per heavy atom. The maximum Gasteiger partial charge on any atom is 0.124 e. The molecule has 0 bridgehead atoms. The number of anilines is 1. The minimum atomic E-state index is 0.522. The van der Waals surface area contributed by atoms with E-state index in [0.29, 0.717) is 5.82 Å². The lowest BCUT2D eigenvalue weighted by Crippen LogP contribution is -1.93. The molecule has 0 aromatic carbocycles. The third kappa shape index (κ3) is 2.13. The van der Waals surface area contributed by atoms with Crippen LogP contribution in [0.25, 0.3) is 11.4 Å². The molecule has 0 fully saturated rings. The molecular weight excluding hydrogens is 186 g/mol. The highest BCUT2D eigenvalue weighted by molar-refractivity contribution is 5.56. The maximum atomic E-state index is 5.61. The van der Waals surface area contributed by atoms with Crippen LogP contribution in [0.2, 0.25) is 0 Å². The van der Waals surface area contributed by atoms with Gasteiger partial charge in [0, 0.05) is 6.20 Å². The molecule has 3 nitrogen and oxygen atoms in total. The second-order valence-corrected chi connectivity index (χ2v) is 3.35. The Morgan fingerprint density at radius 3 is 2.60 bits per heavy atom. The van der Waals surface area contributed by atoms with E-state index in [0.717, 1.165) is 17.8 Å². The molecule has 0 aliphatic rings. The zero-order valence-electron chi connectivity index (χ0n) is 8.64. The molecule has 0 aliphatic carbocycles. The summed E-state index contributed by atoms with van der Waals surface area (Å²) in [4.78, 5) is 8.56. The number of hydrogen-bond acceptors (Lipinski definition) is 3. The van der Waals surface area contributed by atoms with Gasteiger partial charge in [0.25, 0.3) is 0 Å². The van der Waals surface area contributed by atoms with Gasteiger partial charge in [-0.25, -0.2) is 4.98 Å². The lowest BCUT2D eigenvalue weighted by Gasteiger charge is -2.01. The van der Waals surface area contributed by atoms with Crippen molar-refractivity contribution in [1.82, 2.24) is 9.97 Å². The molecule has 0 spiro atoms. The number of nitrogens with zero attached hydrogens (tertiary/aromatic N) is 2. The van der Waals surface area contributed by atoms with Crippen LogP contribution in [0.5, 0.6) is 0 Å². The normalized spacial score (nSPS) is 10.2. The van der Waals surface area contributed by atoms with Crippen molar-refractivity contribution < 1.29 is 0 Å². The number of rotatable bonds is 2. The van der Waals surface area contributed by atoms with Crippen LogP contribution < -0.4 is 5.73 Å². The number of nitrogens with two attached hydrogens (primary N) is 1. The summed E-state index contributed by atoms with van der Waals surface area (Å²) in [5.41, 5.74) is 8.52. The van der Waals surface area contributed by atoms with Gasteiger partial charge in [0.2, 0.25) is 0 Å². The Hall–Kier alpha value is -1.90. The largest absolute Gasteiger partial charge is 0.384 e. The second kappa shape index (κ2) is 4.09. The van der Waals surface area contributed by atoms with Gasteiger partial charge in [-0.3, -0.25) is 4.98 Å². The summed E-state index contributed by atoms with van der Waals surface area (Å²) < 4.78 is 0. The van der Waals surface area contributed by atoms with E-state index in [-0.39, 0.29) is 0 Å². The van der Waals surface area contributed by atoms with Gasteiger partial charge in [-0.05, 0) is 30.2 Å². The van der Waals surface area contributed by atoms with Gasteiger partial charge in [-0.1, -0.05) is 19.1 Å². The quantitative estimate of drug-likeness (QED) is 0.807. The molecule has 76 valence electrons. The van der Waals surface area contributed by atoms with Crippen LogP contribution in [0.15, 0.2) is 36.5 Å². The van der Waals surface area contributed by atoms with Crippen LogP contribution in [0.3, 0.4) is 0 Å². The summed E-state index contributed by atoms with van der Waals surface area (Å²) in [5, 5.41) is 0. The van der Waals surface area contributed by atoms with E-state index in [1.54, 1.807) is 6.07 Å². The lowest BCUT2D eigenvalue weighted by atomic mass is 10.2. The third-order valence-electron chi connectivity index (χ3n) is 2.27. The van der Waals surface area contributed by atoms with E-state index in [1.165, 1.54) is 5.56 Å². The first-order valence-electron chi connectivity index (χ1n) is 4.97. The average molecular weight is 199 g/mol. The van der Waals surface area contributed by atoms with Gasteiger partial charge < -0.3 is 5.73 Å². The predicted molar refractivity (Wildman–Crippen MR) is 61.3 cm³/mol. The fourth-order valence-corrected chi connectivity index (χ4v) is 1.38. The van der Waals surface area contributed by atoms with Crippen molar-refractivity contribution in [3.63, 3.8) is 0 Å². The zero-order valence-corrected chi connectivity index (χ0v) is 8.64. The van der Waals surface area contributed by atoms with Crippen molar-refractivity contribution in [2.45, 2.75) is 13.3 Å². The highest BCUT2D eigenvalue weighted by Gasteiger charge is 2.00. The topological polar surface area (TPSA) is 51.8 Å². The first kappa shape index (κ1) is 9.65. The van der Waals surface area contributed by atoms with E-state index in [2.05, 4.69) is 23.0 Å². The Labute approximate surface area is 89.0 Å². The smallest absolute Gasteiger partial charge is 0.124 e. The average Bonchev–Trinajstić information content (AvgIpc) is 2.29. The van der Waals surface area contributed by atoms with E-state index in [1.807, 2.05) is 24.4 Å². The molecule has 15 heavy (non-hydrogen) atoms. The molecule has 0 amide bonds. The van der Waals surface area contributed by atoms with Gasteiger partial charge in [-0.2, -0.15) is 0 Å². The van der Waals surface area contributed by atoms with E-state index in [4.69, 9.17) is 5.73 Å². The fraction of sp³-hybridized carbons (Fsp3) is 0.167. The van der Waals surface area contributed by atoms with E-state index < -0.39 is 0 Å². The molecule has 2 aromatic rings. The first-order valence-corrected chi connectivity index (χ1v) is 4.97. The summed E-state index contributed by atoms with van der Waals surface area (Å²) >= 11 is 0. The van der Waals surface area contributed by atoms with Crippen LogP contribution in [0.1, 0.15) is 12.5 Å². The molecule has 2 rings (SSSR count). The monoisotopic (exact) mass is 199 g/mol. The van der Waals surface area contributed by atoms with E-state index >= 15 is 0 Å². The lowest BCUT2D eigenvalue weighted by molar-refractivity contribution is 1.10. The zero-order chi connectivity index (χ0) is 10.7. The number of hydrogen-bond donors (Lipinski definition) is 1. The van der Waals surface area contributed by atoms with Gasteiger partial charge in [0.05, 0.1) is 11.4 Å². The molecule has 3 heteroatoms. The number of nitrogen functional groups attached to an aromatic ring is 1. The summed E-state index contributed by atoms with van der Waals surface area (Å²) in [6.07, 6.45) is 2.87. The Bertz CT molecular complexity index is 449. The summed E-state index contributed by atoms with van der Waals surface area (Å²) in [6.45, 7) is 2.11. The van der Waals surface area contributed by atoms with E-state index in [9.17, 15) is 0 Å². The standard InChI is InChI=1S/C12H13N3/c1-2-9-6-7-10(14-8-9)11-4-3-5-12(13)15-11/h3-8H,2H2,1H3,(H2,13,15). The maximum absolute atomic E-state index is 5.61. The molecule has 2 N–H and O–H groups in total. The third-order valence-corrected chi connectivity index (χ3v) is 2.27. The fourth-order valence-electron chi connectivity index (χ4n) is 1.38. The SMILES string of the molecule is CCc1ccc(-c2cccc(N)n2)nc1. The predicted octanol–water partition coefficient (Wildman–Crippen LogP) is 2.29. The van der Waals surface area contributed by atoms with Crippen LogP contribution >= 0.6 is 0 Å². The summed E-state index contributed by atoms with van der Waals surface area (Å²) in [6, 6.07) is 9.59. The van der Waals surface area contributed by atoms with Gasteiger partial charge in [0.1, 0.15) is 5.82 Å². The number of aromatic nitrogens is 2. The van der Waals surface area contributed by atoms with Crippen LogP contribution in [-0.2, 0) is 6.42 Å². The highest BCUT2D eigenvalue weighted by atomic mass is 14.9. The summed E-state index contributed by atoms with van der Waals surface area (Å²) in [5.74, 6) is 0.522. The van der Waals surface area contributed by atoms with Gasteiger partial charge in [-0.15, -0.1) is 0 Å². The minimum Gasteiger partial charge on any atom is -0.384 e. The molecule has 0 unspecified atom stereocenters. The van der Waals surface area contributed by atoms with Crippen molar-refractivity contribution in [3.8, 4) is 11.4 Å². The molecule has 2 aromatic heterocycles. The molecule has 0 atom stereocenters. The van der Waals surface area contributed by atoms with Crippen LogP contribution in [0, 0.1) is 0 Å². The molecule has 0 saturated carbocycles. The highest BCUT2D eigenvalue weighted by Crippen LogP contribution is 2.15. The van der Waals surface area contributed by atoms with Crippen molar-refractivity contribution in [1.29, 1.82) is 0 Å². The van der Waals surface area contributed by atoms with Crippen molar-refractivity contribution in [2.24, 2.45) is 0 Å². The molecule has 0 radical (unpaired) electrons.